The molecule has 14 heavy (non-hydrogen) atoms. The van der Waals surface area contributed by atoms with Gasteiger partial charge in [0.25, 0.3) is 0 Å². The van der Waals surface area contributed by atoms with Crippen LogP contribution in [0, 0.1) is 17.2 Å². The monoisotopic (exact) mass is 198 g/mol. The highest BCUT2D eigenvalue weighted by Crippen LogP contribution is 2.23. The van der Waals surface area contributed by atoms with E-state index >= 15 is 0 Å². The van der Waals surface area contributed by atoms with Crippen molar-refractivity contribution in [3.63, 3.8) is 0 Å². The molecule has 0 spiro atoms. The number of amidine groups is 1. The topological polar surface area (TPSA) is 59.1 Å². The fourth-order valence-electron chi connectivity index (χ4n) is 1.86. The van der Waals surface area contributed by atoms with E-state index in [9.17, 15) is 0 Å². The van der Waals surface area contributed by atoms with Gasteiger partial charge >= 0.3 is 0 Å². The van der Waals surface area contributed by atoms with Gasteiger partial charge in [0, 0.05) is 12.5 Å². The summed E-state index contributed by atoms with van der Waals surface area (Å²) in [6.07, 6.45) is 6.73. The summed E-state index contributed by atoms with van der Waals surface area (Å²) in [5.74, 6) is 1.05. The first-order valence-electron chi connectivity index (χ1n) is 5.62. The SMILES string of the molecule is CC(COCC1CCCCC1)C(=N)N. The molecule has 1 aliphatic rings. The fraction of sp³-hybridized carbons (Fsp3) is 0.909. The minimum Gasteiger partial charge on any atom is -0.387 e. The molecule has 1 aliphatic carbocycles. The second-order valence-corrected chi connectivity index (χ2v) is 4.40. The maximum atomic E-state index is 7.22. The van der Waals surface area contributed by atoms with Crippen LogP contribution in [0.5, 0.6) is 0 Å². The molecule has 0 aromatic carbocycles. The van der Waals surface area contributed by atoms with E-state index in [2.05, 4.69) is 0 Å². The normalized spacial score (nSPS) is 20.6. The first-order valence-corrected chi connectivity index (χ1v) is 5.62. The Morgan fingerprint density at radius 2 is 2.07 bits per heavy atom. The van der Waals surface area contributed by atoms with Crippen molar-refractivity contribution in [1.29, 1.82) is 5.41 Å². The van der Waals surface area contributed by atoms with Gasteiger partial charge in [-0.25, -0.2) is 0 Å². The molecule has 0 radical (unpaired) electrons. The van der Waals surface area contributed by atoms with E-state index in [1.807, 2.05) is 6.92 Å². The van der Waals surface area contributed by atoms with E-state index in [4.69, 9.17) is 15.9 Å². The zero-order valence-corrected chi connectivity index (χ0v) is 9.09. The lowest BCUT2D eigenvalue weighted by molar-refractivity contribution is 0.0755. The molecule has 0 heterocycles. The van der Waals surface area contributed by atoms with Crippen LogP contribution in [0.3, 0.4) is 0 Å². The fourth-order valence-corrected chi connectivity index (χ4v) is 1.86. The average Bonchev–Trinajstić information content (AvgIpc) is 2.19. The van der Waals surface area contributed by atoms with Crippen LogP contribution in [0.2, 0.25) is 0 Å². The first-order chi connectivity index (χ1) is 6.70. The molecule has 0 aliphatic heterocycles. The predicted molar refractivity (Wildman–Crippen MR) is 58.5 cm³/mol. The third kappa shape index (κ3) is 4.09. The molecule has 1 rings (SSSR count). The molecule has 0 saturated heterocycles. The number of ether oxygens (including phenoxy) is 1. The molecule has 0 amide bonds. The van der Waals surface area contributed by atoms with Crippen molar-refractivity contribution in [3.05, 3.63) is 0 Å². The second kappa shape index (κ2) is 6.02. The molecule has 0 aromatic rings. The Morgan fingerprint density at radius 3 is 2.64 bits per heavy atom. The van der Waals surface area contributed by atoms with E-state index in [1.165, 1.54) is 32.1 Å². The molecule has 1 unspecified atom stereocenters. The zero-order valence-electron chi connectivity index (χ0n) is 9.09. The number of rotatable bonds is 5. The molecule has 1 saturated carbocycles. The minimum absolute atomic E-state index is 0.0681. The second-order valence-electron chi connectivity index (χ2n) is 4.40. The van der Waals surface area contributed by atoms with Crippen molar-refractivity contribution in [2.24, 2.45) is 17.6 Å². The van der Waals surface area contributed by atoms with Gasteiger partial charge in [0.15, 0.2) is 0 Å². The Morgan fingerprint density at radius 1 is 1.43 bits per heavy atom. The van der Waals surface area contributed by atoms with Gasteiger partial charge in [-0.05, 0) is 18.8 Å². The Labute approximate surface area is 86.5 Å². The van der Waals surface area contributed by atoms with Crippen LogP contribution in [-0.2, 0) is 4.74 Å². The minimum atomic E-state index is 0.0681. The lowest BCUT2D eigenvalue weighted by Crippen LogP contribution is -2.25. The number of hydrogen-bond acceptors (Lipinski definition) is 2. The van der Waals surface area contributed by atoms with Gasteiger partial charge in [-0.2, -0.15) is 0 Å². The molecule has 82 valence electrons. The van der Waals surface area contributed by atoms with Crippen LogP contribution in [0.1, 0.15) is 39.0 Å². The van der Waals surface area contributed by atoms with Crippen LogP contribution < -0.4 is 5.73 Å². The average molecular weight is 198 g/mol. The highest BCUT2D eigenvalue weighted by Gasteiger charge is 2.14. The van der Waals surface area contributed by atoms with Crippen molar-refractivity contribution >= 4 is 5.84 Å². The predicted octanol–water partition coefficient (Wildman–Crippen LogP) is 2.16. The maximum Gasteiger partial charge on any atom is 0.0957 e. The van der Waals surface area contributed by atoms with Gasteiger partial charge in [-0.15, -0.1) is 0 Å². The lowest BCUT2D eigenvalue weighted by Gasteiger charge is -2.22. The number of hydrogen-bond donors (Lipinski definition) is 2. The summed E-state index contributed by atoms with van der Waals surface area (Å²) in [4.78, 5) is 0. The molecule has 1 fully saturated rings. The summed E-state index contributed by atoms with van der Waals surface area (Å²) >= 11 is 0. The van der Waals surface area contributed by atoms with Gasteiger partial charge in [-0.1, -0.05) is 26.2 Å². The van der Waals surface area contributed by atoms with Crippen LogP contribution in [0.15, 0.2) is 0 Å². The van der Waals surface area contributed by atoms with E-state index in [1.54, 1.807) is 0 Å². The van der Waals surface area contributed by atoms with E-state index in [0.717, 1.165) is 12.5 Å². The van der Waals surface area contributed by atoms with Crippen molar-refractivity contribution in [2.75, 3.05) is 13.2 Å². The van der Waals surface area contributed by atoms with Crippen LogP contribution >= 0.6 is 0 Å². The molecule has 3 N–H and O–H groups in total. The number of nitrogens with one attached hydrogen (secondary N) is 1. The summed E-state index contributed by atoms with van der Waals surface area (Å²) in [5.41, 5.74) is 5.36. The summed E-state index contributed by atoms with van der Waals surface area (Å²) < 4.78 is 5.58. The van der Waals surface area contributed by atoms with E-state index in [-0.39, 0.29) is 11.8 Å². The Balaban J connectivity index is 2.05. The Hall–Kier alpha value is -0.570. The van der Waals surface area contributed by atoms with Crippen molar-refractivity contribution in [3.8, 4) is 0 Å². The third-order valence-corrected chi connectivity index (χ3v) is 2.98. The smallest absolute Gasteiger partial charge is 0.0957 e. The van der Waals surface area contributed by atoms with E-state index < -0.39 is 0 Å². The van der Waals surface area contributed by atoms with Crippen molar-refractivity contribution in [2.45, 2.75) is 39.0 Å². The molecule has 0 bridgehead atoms. The molecule has 3 heteroatoms. The van der Waals surface area contributed by atoms with E-state index in [0.29, 0.717) is 6.61 Å². The third-order valence-electron chi connectivity index (χ3n) is 2.98. The molecule has 0 aromatic heterocycles. The standard InChI is InChI=1S/C11H22N2O/c1-9(11(12)13)7-14-8-10-5-3-2-4-6-10/h9-10H,2-8H2,1H3,(H3,12,13). The summed E-state index contributed by atoms with van der Waals surface area (Å²) in [6, 6.07) is 0. The maximum absolute atomic E-state index is 7.22. The van der Waals surface area contributed by atoms with Crippen LogP contribution in [-0.4, -0.2) is 19.0 Å². The zero-order chi connectivity index (χ0) is 10.4. The molecule has 3 nitrogen and oxygen atoms in total. The van der Waals surface area contributed by atoms with Crippen molar-refractivity contribution in [1.82, 2.24) is 0 Å². The van der Waals surface area contributed by atoms with Gasteiger partial charge in [0.1, 0.15) is 0 Å². The Kier molecular flexibility index (Phi) is 4.94. The van der Waals surface area contributed by atoms with Crippen LogP contribution in [0.4, 0.5) is 0 Å². The van der Waals surface area contributed by atoms with Crippen molar-refractivity contribution < 1.29 is 4.74 Å². The highest BCUT2D eigenvalue weighted by molar-refractivity contribution is 5.79. The number of nitrogens with two attached hydrogens (primary N) is 1. The van der Waals surface area contributed by atoms with Crippen LogP contribution in [0.25, 0.3) is 0 Å². The Bertz CT molecular complexity index is 176. The summed E-state index contributed by atoms with van der Waals surface area (Å²) in [6.45, 7) is 3.40. The first kappa shape index (κ1) is 11.5. The lowest BCUT2D eigenvalue weighted by atomic mass is 9.90. The largest absolute Gasteiger partial charge is 0.387 e. The van der Waals surface area contributed by atoms with Gasteiger partial charge in [0.2, 0.25) is 0 Å². The van der Waals surface area contributed by atoms with Gasteiger partial charge < -0.3 is 10.5 Å². The van der Waals surface area contributed by atoms with Gasteiger partial charge in [0.05, 0.1) is 12.4 Å². The molecule has 1 atom stereocenters. The molecular weight excluding hydrogens is 176 g/mol. The summed E-state index contributed by atoms with van der Waals surface area (Å²) in [5, 5.41) is 7.22. The quantitative estimate of drug-likeness (QED) is 0.525. The molecular formula is C11H22N2O. The van der Waals surface area contributed by atoms with Gasteiger partial charge in [-0.3, -0.25) is 5.41 Å². The summed E-state index contributed by atoms with van der Waals surface area (Å²) in [7, 11) is 0. The highest BCUT2D eigenvalue weighted by atomic mass is 16.5.